The van der Waals surface area contributed by atoms with Gasteiger partial charge in [0.15, 0.2) is 5.78 Å². The van der Waals surface area contributed by atoms with E-state index in [2.05, 4.69) is 0 Å². The maximum atomic E-state index is 11.3. The van der Waals surface area contributed by atoms with Crippen LogP contribution in [0.15, 0.2) is 24.3 Å². The van der Waals surface area contributed by atoms with Crippen LogP contribution in [0.2, 0.25) is 0 Å². The van der Waals surface area contributed by atoms with Crippen LogP contribution in [0.3, 0.4) is 0 Å². The lowest BCUT2D eigenvalue weighted by atomic mass is 10.1. The summed E-state index contributed by atoms with van der Waals surface area (Å²) in [5, 5.41) is 10.3. The number of carbonyl (C=O) groups excluding carboxylic acids is 1. The number of Topliss-reactive ketones (excluding diaryl/α,β-unsaturated/α-hetero) is 1. The molecule has 1 aromatic carbocycles. The van der Waals surface area contributed by atoms with Crippen LogP contribution >= 0.6 is 0 Å². The van der Waals surface area contributed by atoms with Crippen molar-refractivity contribution in [2.45, 2.75) is 6.42 Å². The van der Waals surface area contributed by atoms with Gasteiger partial charge in [-0.05, 0) is 18.7 Å². The van der Waals surface area contributed by atoms with Gasteiger partial charge in [0.25, 0.3) is 5.69 Å². The summed E-state index contributed by atoms with van der Waals surface area (Å²) in [7, 11) is 0. The number of non-ortho nitro benzene ring substituents is 1. The summed E-state index contributed by atoms with van der Waals surface area (Å²) < 4.78 is 0. The molecule has 0 amide bonds. The smallest absolute Gasteiger partial charge is 0.269 e. The highest BCUT2D eigenvalue weighted by Gasteiger charge is 2.08. The fraction of sp³-hybridized carbons (Fsp3) is 0.222. The van der Waals surface area contributed by atoms with Crippen molar-refractivity contribution in [1.82, 2.24) is 0 Å². The minimum Gasteiger partial charge on any atom is -0.330 e. The lowest BCUT2D eigenvalue weighted by molar-refractivity contribution is -0.384. The van der Waals surface area contributed by atoms with Crippen LogP contribution in [-0.4, -0.2) is 17.3 Å². The average molecular weight is 194 g/mol. The molecule has 0 unspecified atom stereocenters. The second-order valence-corrected chi connectivity index (χ2v) is 2.77. The number of rotatable bonds is 4. The van der Waals surface area contributed by atoms with Crippen molar-refractivity contribution in [1.29, 1.82) is 0 Å². The van der Waals surface area contributed by atoms with E-state index in [-0.39, 0.29) is 24.4 Å². The number of nitrogens with zero attached hydrogens (tertiary/aromatic N) is 1. The standard InChI is InChI=1S/C9H10N2O3/c10-6-5-9(12)7-1-3-8(4-2-7)11(13)14/h1-4H,5-6,10H2. The molecule has 0 spiro atoms. The molecule has 0 atom stereocenters. The minimum absolute atomic E-state index is 0.0192. The Morgan fingerprint density at radius 3 is 2.36 bits per heavy atom. The van der Waals surface area contributed by atoms with E-state index >= 15 is 0 Å². The van der Waals surface area contributed by atoms with E-state index in [1.807, 2.05) is 0 Å². The maximum Gasteiger partial charge on any atom is 0.269 e. The van der Waals surface area contributed by atoms with Crippen molar-refractivity contribution >= 4 is 11.5 Å². The molecule has 0 saturated heterocycles. The fourth-order valence-corrected chi connectivity index (χ4v) is 1.04. The second kappa shape index (κ2) is 4.48. The van der Waals surface area contributed by atoms with Crippen molar-refractivity contribution < 1.29 is 9.72 Å². The van der Waals surface area contributed by atoms with Crippen LogP contribution in [0.1, 0.15) is 16.8 Å². The zero-order chi connectivity index (χ0) is 10.6. The largest absolute Gasteiger partial charge is 0.330 e. The highest BCUT2D eigenvalue weighted by atomic mass is 16.6. The second-order valence-electron chi connectivity index (χ2n) is 2.77. The number of hydrogen-bond acceptors (Lipinski definition) is 4. The summed E-state index contributed by atoms with van der Waals surface area (Å²) >= 11 is 0. The number of benzene rings is 1. The lowest BCUT2D eigenvalue weighted by Gasteiger charge is -1.97. The van der Waals surface area contributed by atoms with Crippen molar-refractivity contribution in [2.75, 3.05) is 6.54 Å². The molecule has 0 radical (unpaired) electrons. The molecule has 0 saturated carbocycles. The molecule has 1 rings (SSSR count). The number of nitro groups is 1. The number of ketones is 1. The molecule has 0 bridgehead atoms. The molecular weight excluding hydrogens is 184 g/mol. The average Bonchev–Trinajstić information content (AvgIpc) is 2.18. The third-order valence-corrected chi connectivity index (χ3v) is 1.77. The van der Waals surface area contributed by atoms with E-state index in [0.29, 0.717) is 5.56 Å². The molecule has 14 heavy (non-hydrogen) atoms. The van der Waals surface area contributed by atoms with E-state index < -0.39 is 4.92 Å². The predicted molar refractivity (Wildman–Crippen MR) is 51.1 cm³/mol. The van der Waals surface area contributed by atoms with Crippen LogP contribution in [0.25, 0.3) is 0 Å². The van der Waals surface area contributed by atoms with E-state index in [9.17, 15) is 14.9 Å². The van der Waals surface area contributed by atoms with Gasteiger partial charge in [-0.2, -0.15) is 0 Å². The topological polar surface area (TPSA) is 86.2 Å². The van der Waals surface area contributed by atoms with Crippen molar-refractivity contribution in [3.05, 3.63) is 39.9 Å². The first-order valence-electron chi connectivity index (χ1n) is 4.13. The first kappa shape index (κ1) is 10.3. The quantitative estimate of drug-likeness (QED) is 0.442. The molecule has 0 aliphatic heterocycles. The number of hydrogen-bond donors (Lipinski definition) is 1. The van der Waals surface area contributed by atoms with E-state index in [4.69, 9.17) is 5.73 Å². The highest BCUT2D eigenvalue weighted by Crippen LogP contribution is 2.12. The molecule has 0 heterocycles. The summed E-state index contributed by atoms with van der Waals surface area (Å²) in [6.07, 6.45) is 0.262. The van der Waals surface area contributed by atoms with Gasteiger partial charge in [0.05, 0.1) is 4.92 Å². The Hall–Kier alpha value is -1.75. The van der Waals surface area contributed by atoms with Gasteiger partial charge in [-0.3, -0.25) is 14.9 Å². The Morgan fingerprint density at radius 1 is 1.36 bits per heavy atom. The lowest BCUT2D eigenvalue weighted by Crippen LogP contribution is -2.07. The van der Waals surface area contributed by atoms with Gasteiger partial charge in [-0.15, -0.1) is 0 Å². The van der Waals surface area contributed by atoms with Gasteiger partial charge in [0, 0.05) is 24.1 Å². The molecule has 1 aromatic rings. The van der Waals surface area contributed by atoms with Crippen molar-refractivity contribution in [3.8, 4) is 0 Å². The minimum atomic E-state index is -0.503. The first-order chi connectivity index (χ1) is 6.65. The van der Waals surface area contributed by atoms with Crippen molar-refractivity contribution in [2.24, 2.45) is 5.73 Å². The third kappa shape index (κ3) is 2.37. The molecular formula is C9H10N2O3. The summed E-state index contributed by atoms with van der Waals surface area (Å²) in [5.74, 6) is -0.0950. The monoisotopic (exact) mass is 194 g/mol. The van der Waals surface area contributed by atoms with Gasteiger partial charge in [-0.1, -0.05) is 0 Å². The normalized spacial score (nSPS) is 9.79. The highest BCUT2D eigenvalue weighted by molar-refractivity contribution is 5.96. The summed E-state index contributed by atoms with van der Waals surface area (Å²) in [6.45, 7) is 0.288. The SMILES string of the molecule is NCCC(=O)c1ccc([N+](=O)[O-])cc1. The van der Waals surface area contributed by atoms with Crippen LogP contribution in [-0.2, 0) is 0 Å². The molecule has 2 N–H and O–H groups in total. The molecule has 5 nitrogen and oxygen atoms in total. The molecule has 0 aliphatic carbocycles. The Bertz CT molecular complexity index is 346. The van der Waals surface area contributed by atoms with Crippen LogP contribution in [0.5, 0.6) is 0 Å². The third-order valence-electron chi connectivity index (χ3n) is 1.77. The van der Waals surface area contributed by atoms with Crippen LogP contribution in [0.4, 0.5) is 5.69 Å². The van der Waals surface area contributed by atoms with Crippen LogP contribution in [0, 0.1) is 10.1 Å². The first-order valence-corrected chi connectivity index (χ1v) is 4.13. The Kier molecular flexibility index (Phi) is 3.30. The van der Waals surface area contributed by atoms with Gasteiger partial charge >= 0.3 is 0 Å². The molecule has 74 valence electrons. The zero-order valence-corrected chi connectivity index (χ0v) is 7.47. The summed E-state index contributed by atoms with van der Waals surface area (Å²) in [6, 6.07) is 5.50. The summed E-state index contributed by atoms with van der Waals surface area (Å²) in [5.41, 5.74) is 5.66. The van der Waals surface area contributed by atoms with Crippen LogP contribution < -0.4 is 5.73 Å². The molecule has 0 fully saturated rings. The molecule has 0 aromatic heterocycles. The number of carbonyl (C=O) groups is 1. The molecule has 5 heteroatoms. The van der Waals surface area contributed by atoms with Gasteiger partial charge in [-0.25, -0.2) is 0 Å². The Morgan fingerprint density at radius 2 is 1.93 bits per heavy atom. The molecule has 0 aliphatic rings. The fourth-order valence-electron chi connectivity index (χ4n) is 1.04. The Balaban J connectivity index is 2.83. The number of nitro benzene ring substituents is 1. The predicted octanol–water partition coefficient (Wildman–Crippen LogP) is 1.13. The maximum absolute atomic E-state index is 11.3. The van der Waals surface area contributed by atoms with Gasteiger partial charge < -0.3 is 5.73 Å². The van der Waals surface area contributed by atoms with E-state index in [0.717, 1.165) is 0 Å². The van der Waals surface area contributed by atoms with Gasteiger partial charge in [0.2, 0.25) is 0 Å². The Labute approximate surface area is 80.7 Å². The van der Waals surface area contributed by atoms with Gasteiger partial charge in [0.1, 0.15) is 0 Å². The van der Waals surface area contributed by atoms with Crippen molar-refractivity contribution in [3.63, 3.8) is 0 Å². The summed E-state index contributed by atoms with van der Waals surface area (Å²) in [4.78, 5) is 21.1. The van der Waals surface area contributed by atoms with E-state index in [1.54, 1.807) is 0 Å². The number of nitrogens with two attached hydrogens (primary N) is 1. The van der Waals surface area contributed by atoms with E-state index in [1.165, 1.54) is 24.3 Å². The zero-order valence-electron chi connectivity index (χ0n) is 7.47.